The zero-order valence-electron chi connectivity index (χ0n) is 18.8. The van der Waals surface area contributed by atoms with E-state index in [2.05, 4.69) is 10.2 Å². The highest BCUT2D eigenvalue weighted by Gasteiger charge is 2.25. The van der Waals surface area contributed by atoms with Crippen LogP contribution in [0.4, 0.5) is 11.4 Å². The highest BCUT2D eigenvalue weighted by Crippen LogP contribution is 2.33. The van der Waals surface area contributed by atoms with Crippen LogP contribution in [0.2, 0.25) is 15.1 Å². The normalized spacial score (nSPS) is 13.6. The topological polar surface area (TPSA) is 78.9 Å². The largest absolute Gasteiger partial charge is 0.459 e. The number of halogens is 3. The van der Waals surface area contributed by atoms with Gasteiger partial charge in [0.25, 0.3) is 11.8 Å². The van der Waals surface area contributed by atoms with E-state index in [4.69, 9.17) is 43.6 Å². The molecule has 0 atom stereocenters. The molecule has 3 heterocycles. The minimum atomic E-state index is -0.423. The third-order valence-electron chi connectivity index (χ3n) is 5.87. The molecule has 2 aromatic heterocycles. The van der Waals surface area contributed by atoms with Crippen molar-refractivity contribution in [3.63, 3.8) is 0 Å². The molecule has 10 heteroatoms. The predicted octanol–water partition coefficient (Wildman–Crippen LogP) is 6.71. The Morgan fingerprint density at radius 1 is 0.833 bits per heavy atom. The molecule has 1 fully saturated rings. The average molecular weight is 545 g/mol. The minimum absolute atomic E-state index is 0.123. The van der Waals surface area contributed by atoms with Gasteiger partial charge in [0.2, 0.25) is 0 Å². The van der Waals surface area contributed by atoms with Crippen molar-refractivity contribution in [1.29, 1.82) is 0 Å². The van der Waals surface area contributed by atoms with Crippen LogP contribution < -0.4 is 10.2 Å². The number of benzene rings is 2. The van der Waals surface area contributed by atoms with Crippen molar-refractivity contribution in [3.8, 4) is 11.3 Å². The molecule has 2 aromatic carbocycles. The Balaban J connectivity index is 1.22. The summed E-state index contributed by atoms with van der Waals surface area (Å²) in [6.45, 7) is 2.34. The van der Waals surface area contributed by atoms with E-state index in [1.165, 1.54) is 6.26 Å². The van der Waals surface area contributed by atoms with Crippen LogP contribution in [0.25, 0.3) is 11.3 Å². The summed E-state index contributed by atoms with van der Waals surface area (Å²) in [5.74, 6) is 0.348. The first-order chi connectivity index (χ1) is 17.4. The highest BCUT2D eigenvalue weighted by atomic mass is 35.5. The third-order valence-corrected chi connectivity index (χ3v) is 6.74. The fourth-order valence-electron chi connectivity index (χ4n) is 4.03. The summed E-state index contributed by atoms with van der Waals surface area (Å²) in [7, 11) is 0. The number of amides is 2. The number of hydrogen-bond donors (Lipinski definition) is 1. The zero-order chi connectivity index (χ0) is 25.2. The van der Waals surface area contributed by atoms with Crippen LogP contribution in [0.1, 0.15) is 21.1 Å². The van der Waals surface area contributed by atoms with E-state index in [0.717, 1.165) is 5.69 Å². The minimum Gasteiger partial charge on any atom is -0.459 e. The lowest BCUT2D eigenvalue weighted by Crippen LogP contribution is -2.48. The van der Waals surface area contributed by atoms with E-state index >= 15 is 0 Å². The standard InChI is InChI=1S/C26H20Cl3N3O4/c27-16-3-5-19(28)18(14-16)22-7-8-23(36-22)25(33)30-17-4-6-21(20(29)15-17)31-9-11-32(12-10-31)26(34)24-2-1-13-35-24/h1-8,13-15H,9-12H2,(H,30,33). The third kappa shape index (κ3) is 5.09. The second-order valence-electron chi connectivity index (χ2n) is 8.16. The Kier molecular flexibility index (Phi) is 6.96. The quantitative estimate of drug-likeness (QED) is 0.302. The summed E-state index contributed by atoms with van der Waals surface area (Å²) in [5.41, 5.74) is 1.95. The molecule has 0 spiro atoms. The van der Waals surface area contributed by atoms with Crippen LogP contribution in [-0.4, -0.2) is 42.9 Å². The molecule has 2 amide bonds. The van der Waals surface area contributed by atoms with Crippen molar-refractivity contribution in [1.82, 2.24) is 4.90 Å². The van der Waals surface area contributed by atoms with Crippen LogP contribution in [0, 0.1) is 0 Å². The number of piperazine rings is 1. The smallest absolute Gasteiger partial charge is 0.291 e. The summed E-state index contributed by atoms with van der Waals surface area (Å²) in [6.07, 6.45) is 1.49. The van der Waals surface area contributed by atoms with E-state index in [0.29, 0.717) is 64.0 Å². The van der Waals surface area contributed by atoms with Gasteiger partial charge >= 0.3 is 0 Å². The fraction of sp³-hybridized carbons (Fsp3) is 0.154. The van der Waals surface area contributed by atoms with Gasteiger partial charge in [-0.3, -0.25) is 9.59 Å². The lowest BCUT2D eigenvalue weighted by atomic mass is 10.2. The Bertz CT molecular complexity index is 1410. The van der Waals surface area contributed by atoms with Crippen LogP contribution in [0.5, 0.6) is 0 Å². The van der Waals surface area contributed by atoms with Gasteiger partial charge in [-0.15, -0.1) is 0 Å². The molecule has 1 aliphatic rings. The van der Waals surface area contributed by atoms with Crippen molar-refractivity contribution in [2.24, 2.45) is 0 Å². The number of carbonyl (C=O) groups excluding carboxylic acids is 2. The van der Waals surface area contributed by atoms with E-state index < -0.39 is 5.91 Å². The number of hydrogen-bond acceptors (Lipinski definition) is 5. The van der Waals surface area contributed by atoms with Gasteiger partial charge in [0, 0.05) is 42.5 Å². The summed E-state index contributed by atoms with van der Waals surface area (Å²) >= 11 is 18.8. The average Bonchev–Trinajstić information content (AvgIpc) is 3.58. The maximum Gasteiger partial charge on any atom is 0.291 e. The van der Waals surface area contributed by atoms with Crippen molar-refractivity contribution < 1.29 is 18.4 Å². The Hall–Kier alpha value is -3.39. The van der Waals surface area contributed by atoms with E-state index in [9.17, 15) is 9.59 Å². The Labute approximate surface area is 222 Å². The maximum atomic E-state index is 12.7. The molecule has 7 nitrogen and oxygen atoms in total. The lowest BCUT2D eigenvalue weighted by Gasteiger charge is -2.36. The summed E-state index contributed by atoms with van der Waals surface area (Å²) in [4.78, 5) is 29.1. The van der Waals surface area contributed by atoms with Gasteiger partial charge in [-0.1, -0.05) is 34.8 Å². The van der Waals surface area contributed by atoms with Crippen LogP contribution in [0.15, 0.2) is 75.8 Å². The molecular formula is C26H20Cl3N3O4. The van der Waals surface area contributed by atoms with Crippen LogP contribution in [-0.2, 0) is 0 Å². The van der Waals surface area contributed by atoms with Gasteiger partial charge in [-0.25, -0.2) is 0 Å². The molecule has 0 radical (unpaired) electrons. The highest BCUT2D eigenvalue weighted by molar-refractivity contribution is 6.35. The SMILES string of the molecule is O=C(Nc1ccc(N2CCN(C(=O)c3ccco3)CC2)c(Cl)c1)c1ccc(-c2cc(Cl)ccc2Cl)o1. The molecule has 1 saturated heterocycles. The molecule has 0 bridgehead atoms. The van der Waals surface area contributed by atoms with Crippen molar-refractivity contribution in [2.75, 3.05) is 36.4 Å². The monoisotopic (exact) mass is 543 g/mol. The number of anilines is 2. The van der Waals surface area contributed by atoms with Crippen molar-refractivity contribution >= 4 is 58.0 Å². The summed E-state index contributed by atoms with van der Waals surface area (Å²) in [5, 5.41) is 4.27. The summed E-state index contributed by atoms with van der Waals surface area (Å²) < 4.78 is 10.9. The first kappa shape index (κ1) is 24.3. The van der Waals surface area contributed by atoms with Gasteiger partial charge in [0.1, 0.15) is 5.76 Å². The molecule has 0 aliphatic carbocycles. The van der Waals surface area contributed by atoms with Gasteiger partial charge in [0.05, 0.1) is 22.0 Å². The summed E-state index contributed by atoms with van der Waals surface area (Å²) in [6, 6.07) is 16.9. The van der Waals surface area contributed by atoms with Crippen molar-refractivity contribution in [3.05, 3.63) is 93.5 Å². The molecule has 0 unspecified atom stereocenters. The number of carbonyl (C=O) groups is 2. The molecule has 1 aliphatic heterocycles. The number of rotatable bonds is 5. The first-order valence-corrected chi connectivity index (χ1v) is 12.3. The Morgan fingerprint density at radius 3 is 2.36 bits per heavy atom. The maximum absolute atomic E-state index is 12.7. The lowest BCUT2D eigenvalue weighted by molar-refractivity contribution is 0.0714. The Morgan fingerprint density at radius 2 is 1.64 bits per heavy atom. The number of nitrogens with zero attached hydrogens (tertiary/aromatic N) is 2. The van der Waals surface area contributed by atoms with E-state index in [1.807, 2.05) is 6.07 Å². The van der Waals surface area contributed by atoms with Crippen LogP contribution in [0.3, 0.4) is 0 Å². The first-order valence-electron chi connectivity index (χ1n) is 11.1. The predicted molar refractivity (Wildman–Crippen MR) is 140 cm³/mol. The zero-order valence-corrected chi connectivity index (χ0v) is 21.1. The molecule has 4 aromatic rings. The van der Waals surface area contributed by atoms with Gasteiger partial charge in [-0.05, 0) is 60.7 Å². The number of furan rings is 2. The van der Waals surface area contributed by atoms with E-state index in [-0.39, 0.29) is 11.7 Å². The van der Waals surface area contributed by atoms with Gasteiger partial charge < -0.3 is 24.0 Å². The fourth-order valence-corrected chi connectivity index (χ4v) is 4.71. The molecular weight excluding hydrogens is 525 g/mol. The second kappa shape index (κ2) is 10.3. The molecule has 5 rings (SSSR count). The molecule has 1 N–H and O–H groups in total. The molecule has 36 heavy (non-hydrogen) atoms. The van der Waals surface area contributed by atoms with Gasteiger partial charge in [-0.2, -0.15) is 0 Å². The van der Waals surface area contributed by atoms with Crippen LogP contribution >= 0.6 is 34.8 Å². The van der Waals surface area contributed by atoms with Gasteiger partial charge in [0.15, 0.2) is 11.5 Å². The van der Waals surface area contributed by atoms with E-state index in [1.54, 1.807) is 59.5 Å². The molecule has 184 valence electrons. The van der Waals surface area contributed by atoms with Crippen molar-refractivity contribution in [2.45, 2.75) is 0 Å². The number of nitrogens with one attached hydrogen (secondary N) is 1. The second-order valence-corrected chi connectivity index (χ2v) is 9.42. The molecule has 0 saturated carbocycles.